The van der Waals surface area contributed by atoms with Gasteiger partial charge < -0.3 is 5.32 Å². The average Bonchev–Trinajstić information content (AvgIpc) is 2.35. The minimum atomic E-state index is -0.535. The number of benzene rings is 1. The first-order valence-corrected chi connectivity index (χ1v) is 5.86. The Kier molecular flexibility index (Phi) is 5.25. The SMILES string of the molecule is CC(C(=O)c1ccccc1)C(=S)NCC(=O)Cl. The minimum Gasteiger partial charge on any atom is -0.371 e. The van der Waals surface area contributed by atoms with Gasteiger partial charge in [0.2, 0.25) is 5.24 Å². The molecule has 0 saturated carbocycles. The van der Waals surface area contributed by atoms with Gasteiger partial charge in [0.1, 0.15) is 0 Å². The number of rotatable bonds is 5. The van der Waals surface area contributed by atoms with Crippen LogP contribution in [0.5, 0.6) is 0 Å². The van der Waals surface area contributed by atoms with E-state index in [0.29, 0.717) is 10.6 Å². The van der Waals surface area contributed by atoms with Crippen LogP contribution < -0.4 is 5.32 Å². The van der Waals surface area contributed by atoms with Crippen LogP contribution >= 0.6 is 23.8 Å². The highest BCUT2D eigenvalue weighted by Crippen LogP contribution is 2.09. The van der Waals surface area contributed by atoms with E-state index in [1.807, 2.05) is 6.07 Å². The average molecular weight is 270 g/mol. The number of carbonyl (C=O) groups excluding carboxylic acids is 2. The summed E-state index contributed by atoms with van der Waals surface area (Å²) < 4.78 is 0. The van der Waals surface area contributed by atoms with Gasteiger partial charge in [-0.1, -0.05) is 42.5 Å². The minimum absolute atomic E-state index is 0.0627. The molecule has 0 aliphatic heterocycles. The summed E-state index contributed by atoms with van der Waals surface area (Å²) >= 11 is 10.2. The summed E-state index contributed by atoms with van der Waals surface area (Å²) in [6.07, 6.45) is 0. The van der Waals surface area contributed by atoms with Crippen LogP contribution in [0.1, 0.15) is 17.3 Å². The summed E-state index contributed by atoms with van der Waals surface area (Å²) in [5, 5.41) is 2.13. The quantitative estimate of drug-likeness (QED) is 0.506. The molecule has 0 heterocycles. The van der Waals surface area contributed by atoms with Gasteiger partial charge in [-0.3, -0.25) is 9.59 Å². The summed E-state index contributed by atoms with van der Waals surface area (Å²) in [5.41, 5.74) is 0.598. The molecule has 1 N–H and O–H groups in total. The Hall–Kier alpha value is -1.26. The molecule has 0 amide bonds. The van der Waals surface area contributed by atoms with E-state index in [1.54, 1.807) is 31.2 Å². The lowest BCUT2D eigenvalue weighted by Gasteiger charge is -2.12. The van der Waals surface area contributed by atoms with E-state index in [-0.39, 0.29) is 12.3 Å². The monoisotopic (exact) mass is 269 g/mol. The zero-order valence-electron chi connectivity index (χ0n) is 9.27. The predicted molar refractivity (Wildman–Crippen MR) is 71.4 cm³/mol. The molecule has 0 bridgehead atoms. The van der Waals surface area contributed by atoms with Crippen molar-refractivity contribution >= 4 is 39.8 Å². The molecule has 1 atom stereocenters. The lowest BCUT2D eigenvalue weighted by molar-refractivity contribution is -0.110. The van der Waals surface area contributed by atoms with Crippen LogP contribution in [0.3, 0.4) is 0 Å². The van der Waals surface area contributed by atoms with E-state index in [9.17, 15) is 9.59 Å². The maximum Gasteiger partial charge on any atom is 0.240 e. The van der Waals surface area contributed by atoms with Crippen LogP contribution in [0.25, 0.3) is 0 Å². The smallest absolute Gasteiger partial charge is 0.240 e. The third-order valence-electron chi connectivity index (χ3n) is 2.25. The number of ketones is 1. The fourth-order valence-corrected chi connectivity index (χ4v) is 1.53. The highest BCUT2D eigenvalue weighted by Gasteiger charge is 2.19. The maximum absolute atomic E-state index is 12.0. The largest absolute Gasteiger partial charge is 0.371 e. The van der Waals surface area contributed by atoms with Crippen molar-refractivity contribution in [2.24, 2.45) is 5.92 Å². The van der Waals surface area contributed by atoms with Crippen molar-refractivity contribution in [3.63, 3.8) is 0 Å². The van der Waals surface area contributed by atoms with E-state index in [0.717, 1.165) is 0 Å². The standard InChI is InChI=1S/C12H12ClNO2S/c1-8(12(17)14-7-10(13)15)11(16)9-5-3-2-4-6-9/h2-6,8H,7H2,1H3,(H,14,17). The molecule has 5 heteroatoms. The van der Waals surface area contributed by atoms with Crippen LogP contribution in [0.4, 0.5) is 0 Å². The van der Waals surface area contributed by atoms with Crippen LogP contribution in [0.2, 0.25) is 0 Å². The predicted octanol–water partition coefficient (Wildman–Crippen LogP) is 2.19. The lowest BCUT2D eigenvalue weighted by atomic mass is 9.99. The first kappa shape index (κ1) is 13.8. The molecule has 0 aliphatic rings. The van der Waals surface area contributed by atoms with E-state index in [1.165, 1.54) is 0 Å². The van der Waals surface area contributed by atoms with Crippen molar-refractivity contribution in [2.75, 3.05) is 6.54 Å². The first-order chi connectivity index (χ1) is 8.02. The zero-order valence-corrected chi connectivity index (χ0v) is 10.8. The summed E-state index contributed by atoms with van der Waals surface area (Å²) in [6, 6.07) is 8.88. The molecule has 90 valence electrons. The van der Waals surface area contributed by atoms with Crippen LogP contribution in [-0.2, 0) is 4.79 Å². The molecular weight excluding hydrogens is 258 g/mol. The molecular formula is C12H12ClNO2S. The summed E-state index contributed by atoms with van der Waals surface area (Å²) in [7, 11) is 0. The zero-order chi connectivity index (χ0) is 12.8. The lowest BCUT2D eigenvalue weighted by Crippen LogP contribution is -2.34. The normalized spacial score (nSPS) is 11.6. The van der Waals surface area contributed by atoms with Gasteiger partial charge in [0, 0.05) is 5.56 Å². The summed E-state index contributed by atoms with van der Waals surface area (Å²) in [6.45, 7) is 1.64. The van der Waals surface area contributed by atoms with Crippen LogP contribution in [0, 0.1) is 5.92 Å². The van der Waals surface area contributed by atoms with Crippen LogP contribution in [0.15, 0.2) is 30.3 Å². The Morgan fingerprint density at radius 1 is 1.35 bits per heavy atom. The van der Waals surface area contributed by atoms with Gasteiger partial charge in [0.05, 0.1) is 17.5 Å². The number of Topliss-reactive ketones (excluding diaryl/α,β-unsaturated/α-hetero) is 1. The second-order valence-corrected chi connectivity index (χ2v) is 4.39. The Balaban J connectivity index is 2.64. The molecule has 0 fully saturated rings. The molecule has 1 rings (SSSR count). The Morgan fingerprint density at radius 2 is 1.94 bits per heavy atom. The van der Waals surface area contributed by atoms with E-state index < -0.39 is 11.2 Å². The fourth-order valence-electron chi connectivity index (χ4n) is 1.28. The van der Waals surface area contributed by atoms with Crippen molar-refractivity contribution in [2.45, 2.75) is 6.92 Å². The molecule has 17 heavy (non-hydrogen) atoms. The molecule has 0 aromatic heterocycles. The summed E-state index contributed by atoms with van der Waals surface area (Å²) in [4.78, 5) is 22.9. The van der Waals surface area contributed by atoms with Gasteiger partial charge in [0.15, 0.2) is 5.78 Å². The van der Waals surface area contributed by atoms with Crippen molar-refractivity contribution in [1.82, 2.24) is 5.32 Å². The van der Waals surface area contributed by atoms with Crippen molar-refractivity contribution in [3.8, 4) is 0 Å². The van der Waals surface area contributed by atoms with Gasteiger partial charge in [-0.15, -0.1) is 0 Å². The van der Waals surface area contributed by atoms with E-state index in [2.05, 4.69) is 5.32 Å². The van der Waals surface area contributed by atoms with Gasteiger partial charge in [-0.25, -0.2) is 0 Å². The Labute approximate surface area is 110 Å². The van der Waals surface area contributed by atoms with Gasteiger partial charge in [0.25, 0.3) is 0 Å². The van der Waals surface area contributed by atoms with E-state index >= 15 is 0 Å². The second kappa shape index (κ2) is 6.47. The Bertz CT molecular complexity index is 433. The number of thiocarbonyl (C=S) groups is 1. The third-order valence-corrected chi connectivity index (χ3v) is 2.88. The van der Waals surface area contributed by atoms with Crippen LogP contribution in [-0.4, -0.2) is 22.6 Å². The topological polar surface area (TPSA) is 46.2 Å². The summed E-state index contributed by atoms with van der Waals surface area (Å²) in [5.74, 6) is -0.548. The van der Waals surface area contributed by atoms with Gasteiger partial charge >= 0.3 is 0 Å². The van der Waals surface area contributed by atoms with Crippen molar-refractivity contribution < 1.29 is 9.59 Å². The molecule has 3 nitrogen and oxygen atoms in total. The highest BCUT2D eigenvalue weighted by molar-refractivity contribution is 7.80. The number of nitrogens with one attached hydrogen (secondary N) is 1. The fraction of sp³-hybridized carbons (Fsp3) is 0.250. The van der Waals surface area contributed by atoms with Gasteiger partial charge in [-0.05, 0) is 18.5 Å². The Morgan fingerprint density at radius 3 is 2.47 bits per heavy atom. The van der Waals surface area contributed by atoms with Crippen molar-refractivity contribution in [1.29, 1.82) is 0 Å². The highest BCUT2D eigenvalue weighted by atomic mass is 35.5. The third kappa shape index (κ3) is 4.24. The second-order valence-electron chi connectivity index (χ2n) is 3.52. The number of hydrogen-bond acceptors (Lipinski definition) is 3. The molecule has 0 aliphatic carbocycles. The number of halogens is 1. The number of hydrogen-bond donors (Lipinski definition) is 1. The molecule has 1 aromatic carbocycles. The number of carbonyl (C=O) groups is 2. The molecule has 0 saturated heterocycles. The van der Waals surface area contributed by atoms with Crippen molar-refractivity contribution in [3.05, 3.63) is 35.9 Å². The molecule has 0 radical (unpaired) electrons. The molecule has 1 unspecified atom stereocenters. The van der Waals surface area contributed by atoms with E-state index in [4.69, 9.17) is 23.8 Å². The molecule has 1 aromatic rings. The first-order valence-electron chi connectivity index (χ1n) is 5.07. The maximum atomic E-state index is 12.0. The van der Waals surface area contributed by atoms with Gasteiger partial charge in [-0.2, -0.15) is 0 Å². The molecule has 0 spiro atoms.